The number of rotatable bonds is 4. The number of aryl methyl sites for hydroxylation is 1. The van der Waals surface area contributed by atoms with Gasteiger partial charge in [0.15, 0.2) is 0 Å². The van der Waals surface area contributed by atoms with E-state index in [1.807, 2.05) is 68.1 Å². The summed E-state index contributed by atoms with van der Waals surface area (Å²) in [7, 11) is 0. The predicted molar refractivity (Wildman–Crippen MR) is 126 cm³/mol. The Morgan fingerprint density at radius 2 is 1.82 bits per heavy atom. The van der Waals surface area contributed by atoms with Gasteiger partial charge in [0.25, 0.3) is 11.8 Å². The summed E-state index contributed by atoms with van der Waals surface area (Å²) >= 11 is 0. The zero-order chi connectivity index (χ0) is 23.1. The molecule has 0 saturated carbocycles. The van der Waals surface area contributed by atoms with E-state index in [0.29, 0.717) is 24.2 Å². The fourth-order valence-corrected chi connectivity index (χ4v) is 5.06. The van der Waals surface area contributed by atoms with Crippen molar-refractivity contribution in [2.45, 2.75) is 64.7 Å². The molecular formula is C26H29N5O2. The van der Waals surface area contributed by atoms with Gasteiger partial charge in [-0.1, -0.05) is 30.3 Å². The Kier molecular flexibility index (Phi) is 5.48. The molecule has 1 aromatic carbocycles. The molecule has 2 aliphatic rings. The predicted octanol–water partition coefficient (Wildman–Crippen LogP) is 3.62. The Balaban J connectivity index is 1.56. The summed E-state index contributed by atoms with van der Waals surface area (Å²) in [5.41, 5.74) is 3.86. The molecule has 0 spiro atoms. The lowest BCUT2D eigenvalue weighted by molar-refractivity contribution is 0.0665. The zero-order valence-corrected chi connectivity index (χ0v) is 19.3. The van der Waals surface area contributed by atoms with Gasteiger partial charge in [0.1, 0.15) is 11.5 Å². The molecule has 7 heteroatoms. The SMILES string of the molecule is Cc1ccc(C(=O)N2[C@@H]3CC[C@H]2Cc2c(C(=O)NC(C)C)nc(-c4ccccc4)n2C3)cn1. The van der Waals surface area contributed by atoms with Crippen LogP contribution in [0.5, 0.6) is 0 Å². The van der Waals surface area contributed by atoms with Crippen molar-refractivity contribution in [2.24, 2.45) is 0 Å². The Morgan fingerprint density at radius 1 is 1.06 bits per heavy atom. The lowest BCUT2D eigenvalue weighted by Gasteiger charge is -2.28. The molecule has 3 aromatic rings. The van der Waals surface area contributed by atoms with Crippen molar-refractivity contribution in [3.8, 4) is 11.4 Å². The molecule has 33 heavy (non-hydrogen) atoms. The van der Waals surface area contributed by atoms with Crippen LogP contribution in [0.4, 0.5) is 0 Å². The van der Waals surface area contributed by atoms with E-state index in [0.717, 1.165) is 35.6 Å². The number of hydrogen-bond acceptors (Lipinski definition) is 4. The first-order valence-electron chi connectivity index (χ1n) is 11.6. The summed E-state index contributed by atoms with van der Waals surface area (Å²) in [5.74, 6) is 0.647. The fourth-order valence-electron chi connectivity index (χ4n) is 5.06. The number of carbonyl (C=O) groups excluding carboxylic acids is 2. The third-order valence-corrected chi connectivity index (χ3v) is 6.57. The zero-order valence-electron chi connectivity index (χ0n) is 19.3. The number of aromatic nitrogens is 3. The number of pyridine rings is 1. The number of imidazole rings is 1. The third kappa shape index (κ3) is 3.92. The molecule has 0 unspecified atom stereocenters. The molecule has 4 heterocycles. The van der Waals surface area contributed by atoms with Gasteiger partial charge in [-0.15, -0.1) is 0 Å². The van der Waals surface area contributed by atoms with Crippen LogP contribution in [0, 0.1) is 6.92 Å². The van der Waals surface area contributed by atoms with E-state index in [2.05, 4.69) is 14.9 Å². The first-order chi connectivity index (χ1) is 15.9. The van der Waals surface area contributed by atoms with E-state index in [4.69, 9.17) is 4.98 Å². The Hall–Kier alpha value is -3.48. The van der Waals surface area contributed by atoms with Gasteiger partial charge in [0.2, 0.25) is 0 Å². The van der Waals surface area contributed by atoms with Gasteiger partial charge in [0.05, 0.1) is 17.3 Å². The van der Waals surface area contributed by atoms with Crippen molar-refractivity contribution in [1.82, 2.24) is 24.8 Å². The number of benzene rings is 1. The van der Waals surface area contributed by atoms with Gasteiger partial charge in [0, 0.05) is 42.5 Å². The van der Waals surface area contributed by atoms with E-state index in [1.165, 1.54) is 0 Å². The summed E-state index contributed by atoms with van der Waals surface area (Å²) in [6.45, 7) is 6.44. The summed E-state index contributed by atoms with van der Waals surface area (Å²) in [6, 6.07) is 13.8. The minimum atomic E-state index is -0.158. The first kappa shape index (κ1) is 21.4. The Morgan fingerprint density at radius 3 is 2.52 bits per heavy atom. The second-order valence-corrected chi connectivity index (χ2v) is 9.33. The Labute approximate surface area is 193 Å². The molecule has 1 N–H and O–H groups in total. The molecule has 7 nitrogen and oxygen atoms in total. The minimum Gasteiger partial charge on any atom is -0.348 e. The molecule has 1 fully saturated rings. The molecule has 5 rings (SSSR count). The highest BCUT2D eigenvalue weighted by Crippen LogP contribution is 2.36. The van der Waals surface area contributed by atoms with Crippen LogP contribution in [-0.2, 0) is 13.0 Å². The van der Waals surface area contributed by atoms with Gasteiger partial charge < -0.3 is 14.8 Å². The standard InChI is InChI=1S/C26H29N5O2/c1-16(2)28-25(32)23-22-13-20-11-12-21(31(20)26(33)19-10-9-17(3)27-14-19)15-30(22)24(29-23)18-7-5-4-6-8-18/h4-10,14,16,20-21H,11-13,15H2,1-3H3,(H,28,32)/t20-,21+/m0/s1. The van der Waals surface area contributed by atoms with Crippen molar-refractivity contribution < 1.29 is 9.59 Å². The van der Waals surface area contributed by atoms with E-state index in [-0.39, 0.29) is 29.9 Å². The topological polar surface area (TPSA) is 80.1 Å². The van der Waals surface area contributed by atoms with Crippen LogP contribution >= 0.6 is 0 Å². The first-order valence-corrected chi connectivity index (χ1v) is 11.6. The molecule has 170 valence electrons. The largest absolute Gasteiger partial charge is 0.348 e. The summed E-state index contributed by atoms with van der Waals surface area (Å²) in [6.07, 6.45) is 4.14. The van der Waals surface area contributed by atoms with Crippen molar-refractivity contribution >= 4 is 11.8 Å². The maximum atomic E-state index is 13.5. The monoisotopic (exact) mass is 443 g/mol. The van der Waals surface area contributed by atoms with Crippen molar-refractivity contribution in [1.29, 1.82) is 0 Å². The molecular weight excluding hydrogens is 414 g/mol. The molecule has 2 aromatic heterocycles. The lowest BCUT2D eigenvalue weighted by Crippen LogP contribution is -2.42. The average molecular weight is 444 g/mol. The summed E-state index contributed by atoms with van der Waals surface area (Å²) in [5, 5.41) is 3.00. The molecule has 2 atom stereocenters. The van der Waals surface area contributed by atoms with Crippen LogP contribution in [0.25, 0.3) is 11.4 Å². The van der Waals surface area contributed by atoms with Gasteiger partial charge in [-0.25, -0.2) is 4.98 Å². The fraction of sp³-hybridized carbons (Fsp3) is 0.385. The number of carbonyl (C=O) groups is 2. The number of nitrogens with zero attached hydrogens (tertiary/aromatic N) is 4. The molecule has 2 amide bonds. The van der Waals surface area contributed by atoms with Gasteiger partial charge in [-0.05, 0) is 45.7 Å². The van der Waals surface area contributed by atoms with E-state index in [9.17, 15) is 9.59 Å². The van der Waals surface area contributed by atoms with Crippen molar-refractivity contribution in [3.05, 3.63) is 71.3 Å². The quantitative estimate of drug-likeness (QED) is 0.668. The highest BCUT2D eigenvalue weighted by molar-refractivity contribution is 5.96. The molecule has 0 aliphatic carbocycles. The second-order valence-electron chi connectivity index (χ2n) is 9.33. The van der Waals surface area contributed by atoms with E-state index in [1.54, 1.807) is 6.20 Å². The van der Waals surface area contributed by atoms with Crippen molar-refractivity contribution in [2.75, 3.05) is 0 Å². The minimum absolute atomic E-state index is 0.0168. The highest BCUT2D eigenvalue weighted by Gasteiger charge is 2.42. The van der Waals surface area contributed by atoms with Gasteiger partial charge in [-0.3, -0.25) is 14.6 Å². The van der Waals surface area contributed by atoms with Crippen LogP contribution < -0.4 is 5.32 Å². The number of hydrogen-bond donors (Lipinski definition) is 1. The van der Waals surface area contributed by atoms with Crippen molar-refractivity contribution in [3.63, 3.8) is 0 Å². The smallest absolute Gasteiger partial charge is 0.271 e. The Bertz CT molecular complexity index is 1180. The number of fused-ring (bicyclic) bond motifs is 3. The third-order valence-electron chi connectivity index (χ3n) is 6.57. The van der Waals surface area contributed by atoms with Crippen LogP contribution in [0.1, 0.15) is 58.9 Å². The maximum absolute atomic E-state index is 13.5. The molecule has 1 saturated heterocycles. The van der Waals surface area contributed by atoms with Gasteiger partial charge in [-0.2, -0.15) is 0 Å². The highest BCUT2D eigenvalue weighted by atomic mass is 16.2. The summed E-state index contributed by atoms with van der Waals surface area (Å²) < 4.78 is 2.17. The van der Waals surface area contributed by atoms with Gasteiger partial charge >= 0.3 is 0 Å². The van der Waals surface area contributed by atoms with E-state index < -0.39 is 0 Å². The van der Waals surface area contributed by atoms with Crippen LogP contribution in [-0.4, -0.2) is 49.4 Å². The molecule has 0 radical (unpaired) electrons. The second kappa shape index (κ2) is 8.46. The number of amides is 2. The average Bonchev–Trinajstić information content (AvgIpc) is 3.30. The number of nitrogens with one attached hydrogen (secondary N) is 1. The van der Waals surface area contributed by atoms with Crippen LogP contribution in [0.2, 0.25) is 0 Å². The lowest BCUT2D eigenvalue weighted by atomic mass is 10.0. The van der Waals surface area contributed by atoms with E-state index >= 15 is 0 Å². The van der Waals surface area contributed by atoms with Crippen LogP contribution in [0.3, 0.4) is 0 Å². The normalized spacial score (nSPS) is 19.3. The maximum Gasteiger partial charge on any atom is 0.271 e. The van der Waals surface area contributed by atoms with Crippen LogP contribution in [0.15, 0.2) is 48.7 Å². The summed E-state index contributed by atoms with van der Waals surface area (Å²) in [4.78, 5) is 37.8. The molecule has 2 bridgehead atoms. The molecule has 2 aliphatic heterocycles.